The first-order valence-corrected chi connectivity index (χ1v) is 4.89. The van der Waals surface area contributed by atoms with Crippen molar-refractivity contribution in [3.63, 3.8) is 0 Å². The number of hydrogen-bond acceptors (Lipinski definition) is 1. The summed E-state index contributed by atoms with van der Waals surface area (Å²) in [7, 11) is 1.50. The second-order valence-electron chi connectivity index (χ2n) is 3.86. The fraction of sp³-hybridized carbons (Fsp3) is 0.455. The van der Waals surface area contributed by atoms with Crippen LogP contribution in [0, 0.1) is 5.82 Å². The van der Waals surface area contributed by atoms with Crippen molar-refractivity contribution in [2.45, 2.75) is 25.3 Å². The molecule has 0 saturated carbocycles. The van der Waals surface area contributed by atoms with Gasteiger partial charge in [-0.15, -0.1) is 0 Å². The Hall–Kier alpha value is -1.09. The molecule has 76 valence electrons. The van der Waals surface area contributed by atoms with Gasteiger partial charge in [-0.1, -0.05) is 0 Å². The Balaban J connectivity index is 2.41. The van der Waals surface area contributed by atoms with Crippen molar-refractivity contribution in [1.82, 2.24) is 0 Å². The highest BCUT2D eigenvalue weighted by molar-refractivity contribution is 5.38. The van der Waals surface area contributed by atoms with Gasteiger partial charge in [-0.2, -0.15) is 0 Å². The van der Waals surface area contributed by atoms with Gasteiger partial charge in [-0.3, -0.25) is 0 Å². The lowest BCUT2D eigenvalue weighted by molar-refractivity contribution is -0.421. The fourth-order valence-electron chi connectivity index (χ4n) is 1.99. The van der Waals surface area contributed by atoms with Crippen LogP contribution in [0.15, 0.2) is 12.1 Å². The Morgan fingerprint density at radius 2 is 2.21 bits per heavy atom. The first-order valence-electron chi connectivity index (χ1n) is 4.89. The van der Waals surface area contributed by atoms with Crippen molar-refractivity contribution >= 4 is 0 Å². The van der Waals surface area contributed by atoms with E-state index in [2.05, 4.69) is 5.73 Å². The summed E-state index contributed by atoms with van der Waals surface area (Å²) in [6.07, 6.45) is 2.93. The number of quaternary nitrogens is 1. The van der Waals surface area contributed by atoms with Crippen molar-refractivity contribution in [1.29, 1.82) is 0 Å². The lowest BCUT2D eigenvalue weighted by Crippen LogP contribution is -2.62. The molecule has 3 heteroatoms. The summed E-state index contributed by atoms with van der Waals surface area (Å²) in [5.74, 6) is 0.0895. The predicted octanol–water partition coefficient (Wildman–Crippen LogP) is 0.933. The van der Waals surface area contributed by atoms with E-state index in [-0.39, 0.29) is 5.82 Å². The fourth-order valence-corrected chi connectivity index (χ4v) is 1.99. The van der Waals surface area contributed by atoms with Crippen molar-refractivity contribution < 1.29 is 14.9 Å². The highest BCUT2D eigenvalue weighted by Crippen LogP contribution is 2.27. The van der Waals surface area contributed by atoms with E-state index in [0.29, 0.717) is 11.8 Å². The van der Waals surface area contributed by atoms with Crippen molar-refractivity contribution in [2.75, 3.05) is 7.11 Å². The van der Waals surface area contributed by atoms with Crippen LogP contribution in [0.2, 0.25) is 0 Å². The van der Waals surface area contributed by atoms with Gasteiger partial charge in [0, 0.05) is 12.8 Å². The zero-order valence-electron chi connectivity index (χ0n) is 8.35. The number of halogens is 1. The quantitative estimate of drug-likeness (QED) is 0.713. The van der Waals surface area contributed by atoms with E-state index < -0.39 is 0 Å². The summed E-state index contributed by atoms with van der Waals surface area (Å²) in [5.41, 5.74) is 6.34. The van der Waals surface area contributed by atoms with E-state index in [1.165, 1.54) is 12.7 Å². The number of methoxy groups -OCH3 is 1. The van der Waals surface area contributed by atoms with E-state index in [1.807, 2.05) is 6.07 Å². The van der Waals surface area contributed by atoms with Gasteiger partial charge in [0.05, 0.1) is 13.2 Å². The van der Waals surface area contributed by atoms with Gasteiger partial charge < -0.3 is 10.5 Å². The molecular formula is C11H15FNO+. The molecular weight excluding hydrogens is 181 g/mol. The number of rotatable bonds is 1. The third kappa shape index (κ3) is 1.60. The first-order chi connectivity index (χ1) is 6.70. The standard InChI is InChI=1S/C11H14FNO/c1-14-11-6-8-4-9(13)3-2-7(8)5-10(11)12/h5-6,9H,2-4,13H2,1H3/p+1. The molecule has 1 aromatic rings. The molecule has 1 aliphatic carbocycles. The molecule has 0 fully saturated rings. The minimum absolute atomic E-state index is 0.256. The second-order valence-corrected chi connectivity index (χ2v) is 3.86. The van der Waals surface area contributed by atoms with Crippen LogP contribution < -0.4 is 10.5 Å². The summed E-state index contributed by atoms with van der Waals surface area (Å²) < 4.78 is 18.3. The monoisotopic (exact) mass is 196 g/mol. The van der Waals surface area contributed by atoms with E-state index in [0.717, 1.165) is 24.8 Å². The molecule has 0 aromatic heterocycles. The Morgan fingerprint density at radius 1 is 1.43 bits per heavy atom. The number of aryl methyl sites for hydroxylation is 1. The van der Waals surface area contributed by atoms with Crippen LogP contribution in [-0.2, 0) is 12.8 Å². The zero-order chi connectivity index (χ0) is 10.1. The topological polar surface area (TPSA) is 36.9 Å². The maximum Gasteiger partial charge on any atom is 0.165 e. The lowest BCUT2D eigenvalue weighted by atomic mass is 9.88. The van der Waals surface area contributed by atoms with Crippen LogP contribution in [0.5, 0.6) is 5.75 Å². The molecule has 0 bridgehead atoms. The van der Waals surface area contributed by atoms with Gasteiger partial charge in [0.2, 0.25) is 0 Å². The average Bonchev–Trinajstić information content (AvgIpc) is 2.17. The third-order valence-electron chi connectivity index (χ3n) is 2.80. The second kappa shape index (κ2) is 3.58. The molecule has 0 radical (unpaired) electrons. The van der Waals surface area contributed by atoms with Crippen LogP contribution >= 0.6 is 0 Å². The molecule has 0 heterocycles. The molecule has 1 aliphatic rings. The number of benzene rings is 1. The van der Waals surface area contributed by atoms with Crippen LogP contribution in [0.25, 0.3) is 0 Å². The number of ether oxygens (including phenoxy) is 1. The van der Waals surface area contributed by atoms with Gasteiger partial charge >= 0.3 is 0 Å². The van der Waals surface area contributed by atoms with Gasteiger partial charge in [0.1, 0.15) is 0 Å². The van der Waals surface area contributed by atoms with Gasteiger partial charge in [-0.25, -0.2) is 4.39 Å². The Kier molecular flexibility index (Phi) is 2.42. The molecule has 0 spiro atoms. The van der Waals surface area contributed by atoms with E-state index in [1.54, 1.807) is 6.07 Å². The molecule has 1 unspecified atom stereocenters. The highest BCUT2D eigenvalue weighted by atomic mass is 19.1. The SMILES string of the molecule is COc1cc2c(cc1F)CCC([NH3+])C2. The summed E-state index contributed by atoms with van der Waals surface area (Å²) in [6.45, 7) is 0. The lowest BCUT2D eigenvalue weighted by Gasteiger charge is -2.19. The summed E-state index contributed by atoms with van der Waals surface area (Å²) in [5, 5.41) is 0. The minimum atomic E-state index is -0.256. The van der Waals surface area contributed by atoms with Crippen LogP contribution in [0.4, 0.5) is 4.39 Å². The van der Waals surface area contributed by atoms with Crippen LogP contribution in [0.3, 0.4) is 0 Å². The molecule has 1 aromatic carbocycles. The predicted molar refractivity (Wildman–Crippen MR) is 51.7 cm³/mol. The maximum absolute atomic E-state index is 13.3. The van der Waals surface area contributed by atoms with E-state index >= 15 is 0 Å². The Labute approximate surface area is 82.9 Å². The first kappa shape index (κ1) is 9.46. The average molecular weight is 196 g/mol. The normalized spacial score (nSPS) is 20.4. The maximum atomic E-state index is 13.3. The van der Waals surface area contributed by atoms with E-state index in [4.69, 9.17) is 4.74 Å². The molecule has 14 heavy (non-hydrogen) atoms. The van der Waals surface area contributed by atoms with Crippen molar-refractivity contribution in [3.8, 4) is 5.75 Å². The number of fused-ring (bicyclic) bond motifs is 1. The summed E-state index contributed by atoms with van der Waals surface area (Å²) >= 11 is 0. The van der Waals surface area contributed by atoms with Crippen LogP contribution in [-0.4, -0.2) is 13.2 Å². The van der Waals surface area contributed by atoms with Crippen LogP contribution in [0.1, 0.15) is 17.5 Å². The minimum Gasteiger partial charge on any atom is -0.494 e. The molecule has 1 atom stereocenters. The van der Waals surface area contributed by atoms with Crippen molar-refractivity contribution in [3.05, 3.63) is 29.1 Å². The third-order valence-corrected chi connectivity index (χ3v) is 2.80. The van der Waals surface area contributed by atoms with Gasteiger partial charge in [-0.05, 0) is 29.7 Å². The van der Waals surface area contributed by atoms with Gasteiger partial charge in [0.15, 0.2) is 11.6 Å². The molecule has 2 nitrogen and oxygen atoms in total. The van der Waals surface area contributed by atoms with Gasteiger partial charge in [0.25, 0.3) is 0 Å². The molecule has 3 N–H and O–H groups in total. The van der Waals surface area contributed by atoms with Crippen molar-refractivity contribution in [2.24, 2.45) is 0 Å². The zero-order valence-corrected chi connectivity index (χ0v) is 8.35. The highest BCUT2D eigenvalue weighted by Gasteiger charge is 2.20. The Morgan fingerprint density at radius 3 is 2.93 bits per heavy atom. The van der Waals surface area contributed by atoms with E-state index in [9.17, 15) is 4.39 Å². The number of hydrogen-bond donors (Lipinski definition) is 1. The molecule has 0 aliphatic heterocycles. The summed E-state index contributed by atoms with van der Waals surface area (Å²) in [4.78, 5) is 0. The molecule has 0 amide bonds. The largest absolute Gasteiger partial charge is 0.494 e. The smallest absolute Gasteiger partial charge is 0.165 e. The summed E-state index contributed by atoms with van der Waals surface area (Å²) in [6, 6.07) is 3.86. The Bertz CT molecular complexity index is 351. The molecule has 0 saturated heterocycles. The molecule has 2 rings (SSSR count).